The number of phenolic OH excluding ortho intramolecular Hbond substituents is 1. The summed E-state index contributed by atoms with van der Waals surface area (Å²) in [4.78, 5) is 51.6. The van der Waals surface area contributed by atoms with E-state index >= 15 is 4.39 Å². The summed E-state index contributed by atoms with van der Waals surface area (Å²) in [7, 11) is 0. The molecule has 2 unspecified atom stereocenters. The Labute approximate surface area is 332 Å². The minimum absolute atomic E-state index is 0.0182. The zero-order chi connectivity index (χ0) is 41.3. The highest BCUT2D eigenvalue weighted by Crippen LogP contribution is 2.40. The molecule has 58 heavy (non-hydrogen) atoms. The van der Waals surface area contributed by atoms with Gasteiger partial charge in [-0.15, -0.1) is 6.42 Å². The van der Waals surface area contributed by atoms with Gasteiger partial charge in [-0.3, -0.25) is 14.7 Å². The summed E-state index contributed by atoms with van der Waals surface area (Å²) in [5.74, 6) is 0.613. The molecule has 0 bridgehead atoms. The number of H-pyrrole nitrogens is 1. The SMILES string of the molecule is C#Cc1c(F)ccc2cc(O)cc(-c3ncc4c(N5CC(C)CC(NC(=O)OCc6ccc(OC(C)=O)cc6)C5)nc(=O)[nH]c4c3F)c12.C[C@@]12CCCN1C[C@H](F)C2. The smallest absolute Gasteiger partial charge is 0.407 e. The molecule has 3 aliphatic heterocycles. The molecule has 1 amide bonds. The fourth-order valence-corrected chi connectivity index (χ4v) is 8.46. The molecule has 5 heterocycles. The first kappa shape index (κ1) is 40.1. The lowest BCUT2D eigenvalue weighted by atomic mass is 9.95. The lowest BCUT2D eigenvalue weighted by Crippen LogP contribution is -2.51. The highest BCUT2D eigenvalue weighted by molar-refractivity contribution is 6.03. The number of piperidine rings is 1. The normalized spacial score (nSPS) is 21.5. The standard InChI is InChI=1S/C35H29F2N5O6.C8H14FN/c1-4-25-28(36)10-7-21-12-23(44)13-26(29(21)25)31-30(37)32-27(14-38-31)33(41-34(45)40-32)42-15-18(2)11-22(16-42)39-35(46)47-17-20-5-8-24(9-6-20)48-19(3)43;1-8-3-2-4-10(8)6-7(9)5-8/h1,5-10,12-14,18,22,44H,11,15-17H2,2-3H3,(H,39,46)(H,40,41,45);7H,2-6H2,1H3/t;7-,8+/m.1/s1. The lowest BCUT2D eigenvalue weighted by molar-refractivity contribution is -0.131. The van der Waals surface area contributed by atoms with Gasteiger partial charge in [-0.1, -0.05) is 31.0 Å². The third-order valence-electron chi connectivity index (χ3n) is 11.0. The van der Waals surface area contributed by atoms with Crippen LogP contribution in [0, 0.1) is 29.9 Å². The third-order valence-corrected chi connectivity index (χ3v) is 11.0. The van der Waals surface area contributed by atoms with Crippen LogP contribution in [0.25, 0.3) is 32.9 Å². The number of aromatic amines is 1. The van der Waals surface area contributed by atoms with E-state index in [4.69, 9.17) is 15.9 Å². The maximum atomic E-state index is 16.3. The van der Waals surface area contributed by atoms with Crippen LogP contribution in [0.15, 0.2) is 59.5 Å². The maximum Gasteiger partial charge on any atom is 0.407 e. The van der Waals surface area contributed by atoms with Crippen LogP contribution >= 0.6 is 0 Å². The molecule has 5 aromatic rings. The molecule has 8 rings (SSSR count). The number of anilines is 1. The van der Waals surface area contributed by atoms with Gasteiger partial charge < -0.3 is 29.8 Å². The number of phenols is 1. The van der Waals surface area contributed by atoms with Crippen molar-refractivity contribution in [1.82, 2.24) is 25.2 Å². The van der Waals surface area contributed by atoms with Crippen molar-refractivity contribution in [1.29, 1.82) is 0 Å². The summed E-state index contributed by atoms with van der Waals surface area (Å²) in [6, 6.07) is 11.3. The second-order valence-corrected chi connectivity index (χ2v) is 15.5. The fraction of sp³-hybridized carbons (Fsp3) is 0.372. The Morgan fingerprint density at radius 2 is 1.91 bits per heavy atom. The number of hydrogen-bond acceptors (Lipinski definition) is 10. The largest absolute Gasteiger partial charge is 0.508 e. The average molecular weight is 797 g/mol. The Bertz CT molecular complexity index is 2490. The van der Waals surface area contributed by atoms with Crippen molar-refractivity contribution in [3.05, 3.63) is 88.0 Å². The second kappa shape index (κ2) is 16.4. The third kappa shape index (κ3) is 8.43. The number of halogens is 3. The number of carbonyl (C=O) groups is 2. The van der Waals surface area contributed by atoms with Gasteiger partial charge in [-0.05, 0) is 86.4 Å². The number of nitrogens with zero attached hydrogens (tertiary/aromatic N) is 4. The number of pyridine rings is 1. The highest BCUT2D eigenvalue weighted by Gasteiger charge is 2.44. The topological polar surface area (TPSA) is 150 Å². The van der Waals surface area contributed by atoms with E-state index in [-0.39, 0.29) is 69.3 Å². The number of rotatable bonds is 6. The zero-order valence-electron chi connectivity index (χ0n) is 32.3. The van der Waals surface area contributed by atoms with Crippen molar-refractivity contribution in [3.8, 4) is 35.1 Å². The van der Waals surface area contributed by atoms with Crippen LogP contribution in [0.3, 0.4) is 0 Å². The van der Waals surface area contributed by atoms with Crippen LogP contribution in [-0.4, -0.2) is 81.0 Å². The molecular weight excluding hydrogens is 754 g/mol. The molecule has 4 atom stereocenters. The molecule has 3 aromatic carbocycles. The number of ether oxygens (including phenoxy) is 2. The minimum atomic E-state index is -0.920. The molecule has 2 aromatic heterocycles. The van der Waals surface area contributed by atoms with Gasteiger partial charge in [0.2, 0.25) is 0 Å². The van der Waals surface area contributed by atoms with Gasteiger partial charge in [0.15, 0.2) is 5.82 Å². The molecule has 3 saturated heterocycles. The number of fused-ring (bicyclic) bond motifs is 3. The fourth-order valence-electron chi connectivity index (χ4n) is 8.46. The van der Waals surface area contributed by atoms with Crippen LogP contribution in [0.5, 0.6) is 11.5 Å². The van der Waals surface area contributed by atoms with E-state index in [1.807, 2.05) is 6.92 Å². The summed E-state index contributed by atoms with van der Waals surface area (Å²) >= 11 is 0. The Morgan fingerprint density at radius 3 is 2.64 bits per heavy atom. The number of esters is 1. The molecule has 0 saturated carbocycles. The molecule has 3 N–H and O–H groups in total. The summed E-state index contributed by atoms with van der Waals surface area (Å²) < 4.78 is 54.2. The monoisotopic (exact) mass is 796 g/mol. The highest BCUT2D eigenvalue weighted by atomic mass is 19.1. The number of benzene rings is 3. The van der Waals surface area contributed by atoms with E-state index in [0.717, 1.165) is 19.0 Å². The number of aromatic hydroxyl groups is 1. The van der Waals surface area contributed by atoms with Gasteiger partial charge >= 0.3 is 17.8 Å². The molecule has 3 aliphatic rings. The number of hydrogen-bond donors (Lipinski definition) is 3. The van der Waals surface area contributed by atoms with Crippen LogP contribution in [0.1, 0.15) is 57.6 Å². The van der Waals surface area contributed by atoms with E-state index in [1.54, 1.807) is 29.2 Å². The zero-order valence-corrected chi connectivity index (χ0v) is 32.3. The summed E-state index contributed by atoms with van der Waals surface area (Å²) in [6.07, 6.45) is 9.58. The van der Waals surface area contributed by atoms with Crippen molar-refractivity contribution < 1.29 is 37.3 Å². The van der Waals surface area contributed by atoms with E-state index < -0.39 is 41.6 Å². The van der Waals surface area contributed by atoms with Crippen molar-refractivity contribution in [2.45, 2.75) is 70.8 Å². The van der Waals surface area contributed by atoms with Crippen molar-refractivity contribution in [3.63, 3.8) is 0 Å². The molecule has 3 fully saturated rings. The Balaban J connectivity index is 0.000000442. The van der Waals surface area contributed by atoms with Crippen LogP contribution in [0.2, 0.25) is 0 Å². The molecule has 0 spiro atoms. The molecule has 302 valence electrons. The first-order valence-corrected chi connectivity index (χ1v) is 19.1. The Hall–Kier alpha value is -6.14. The second-order valence-electron chi connectivity index (χ2n) is 15.5. The van der Waals surface area contributed by atoms with Gasteiger partial charge in [0.05, 0.1) is 22.5 Å². The first-order chi connectivity index (χ1) is 27.7. The first-order valence-electron chi connectivity index (χ1n) is 19.1. The van der Waals surface area contributed by atoms with E-state index in [9.17, 15) is 28.3 Å². The average Bonchev–Trinajstić information content (AvgIpc) is 3.66. The van der Waals surface area contributed by atoms with Crippen molar-refractivity contribution in [2.24, 2.45) is 5.92 Å². The lowest BCUT2D eigenvalue weighted by Gasteiger charge is -2.37. The Morgan fingerprint density at radius 1 is 1.14 bits per heavy atom. The predicted molar refractivity (Wildman–Crippen MR) is 212 cm³/mol. The molecular formula is C43H43F3N6O6. The van der Waals surface area contributed by atoms with Gasteiger partial charge in [-0.25, -0.2) is 22.8 Å². The maximum absolute atomic E-state index is 16.3. The number of amides is 1. The van der Waals surface area contributed by atoms with E-state index in [0.29, 0.717) is 36.2 Å². The number of nitrogens with one attached hydrogen (secondary N) is 2. The van der Waals surface area contributed by atoms with Gasteiger partial charge in [0.25, 0.3) is 0 Å². The predicted octanol–water partition coefficient (Wildman–Crippen LogP) is 6.75. The minimum Gasteiger partial charge on any atom is -0.508 e. The molecule has 15 heteroatoms. The van der Waals surface area contributed by atoms with Crippen molar-refractivity contribution in [2.75, 3.05) is 31.1 Å². The number of alkyl carbamates (subject to hydrolysis) is 1. The summed E-state index contributed by atoms with van der Waals surface area (Å²) in [5.41, 5.74) is -0.409. The summed E-state index contributed by atoms with van der Waals surface area (Å²) in [6.45, 7) is 7.96. The molecule has 0 aliphatic carbocycles. The number of carbonyl (C=O) groups excluding carboxylic acids is 2. The van der Waals surface area contributed by atoms with Crippen molar-refractivity contribution >= 4 is 39.6 Å². The number of terminal acetylenes is 1. The summed E-state index contributed by atoms with van der Waals surface area (Å²) in [5, 5.41) is 14.0. The van der Waals surface area contributed by atoms with Gasteiger partial charge in [0.1, 0.15) is 41.6 Å². The van der Waals surface area contributed by atoms with E-state index in [1.165, 1.54) is 44.2 Å². The van der Waals surface area contributed by atoms with Crippen LogP contribution in [0.4, 0.5) is 23.8 Å². The molecule has 12 nitrogen and oxygen atoms in total. The van der Waals surface area contributed by atoms with Crippen LogP contribution < -0.4 is 20.6 Å². The van der Waals surface area contributed by atoms with Gasteiger partial charge in [0, 0.05) is 49.2 Å². The number of alkyl halides is 1. The quantitative estimate of drug-likeness (QED) is 0.0957. The van der Waals surface area contributed by atoms with Crippen LogP contribution in [-0.2, 0) is 16.1 Å². The molecule has 0 radical (unpaired) electrons. The van der Waals surface area contributed by atoms with E-state index in [2.05, 4.69) is 38.0 Å². The Kier molecular flexibility index (Phi) is 11.3. The van der Waals surface area contributed by atoms with Gasteiger partial charge in [-0.2, -0.15) is 4.98 Å². The number of aromatic nitrogens is 3.